The van der Waals surface area contributed by atoms with E-state index in [1.54, 1.807) is 0 Å². The second kappa shape index (κ2) is 13.5. The van der Waals surface area contributed by atoms with Gasteiger partial charge in [-0.05, 0) is 74.0 Å². The van der Waals surface area contributed by atoms with E-state index in [-0.39, 0.29) is 5.82 Å². The molecule has 3 N–H and O–H groups in total. The molecule has 0 radical (unpaired) electrons. The third-order valence-corrected chi connectivity index (χ3v) is 5.17. The Morgan fingerprint density at radius 1 is 1.00 bits per heavy atom. The van der Waals surface area contributed by atoms with Gasteiger partial charge in [0.2, 0.25) is 0 Å². The summed E-state index contributed by atoms with van der Waals surface area (Å²) in [5.74, 6) is -0.178. The molecule has 29 heavy (non-hydrogen) atoms. The van der Waals surface area contributed by atoms with Crippen LogP contribution in [0.15, 0.2) is 42.5 Å². The van der Waals surface area contributed by atoms with E-state index in [9.17, 15) is 8.96 Å². The first-order valence-corrected chi connectivity index (χ1v) is 11.5. The average Bonchev–Trinajstić information content (AvgIpc) is 2.69. The predicted octanol–water partition coefficient (Wildman–Crippen LogP) is 4.84. The molecule has 0 bridgehead atoms. The maximum atomic E-state index is 12.9. The summed E-state index contributed by atoms with van der Waals surface area (Å²) in [6.45, 7) is 4.85. The number of aryl methyl sites for hydroxylation is 2. The summed E-state index contributed by atoms with van der Waals surface area (Å²) >= 11 is 0. The standard InChI is InChI=1S/C22H32FN2O3P/c1-18-16-20(17-24-13-5-15-28-29(26)27)9-12-22(18)25-14-4-2-3-6-19-7-10-21(23)11-8-19/h7-12,16,24-25,29H,2-6,13-15,17H2,1H3,(H,26,27). The molecule has 0 heterocycles. The van der Waals surface area contributed by atoms with Gasteiger partial charge in [0.05, 0.1) is 6.61 Å². The molecule has 0 aliphatic rings. The lowest BCUT2D eigenvalue weighted by molar-refractivity contribution is 0.276. The molecule has 2 rings (SSSR count). The van der Waals surface area contributed by atoms with Crippen LogP contribution in [-0.2, 0) is 22.1 Å². The highest BCUT2D eigenvalue weighted by Gasteiger charge is 2.01. The largest absolute Gasteiger partial charge is 0.385 e. The van der Waals surface area contributed by atoms with E-state index in [0.29, 0.717) is 13.0 Å². The highest BCUT2D eigenvalue weighted by molar-refractivity contribution is 7.32. The van der Waals surface area contributed by atoms with Crippen LogP contribution in [0.4, 0.5) is 10.1 Å². The molecule has 0 aliphatic carbocycles. The number of anilines is 1. The molecule has 0 fully saturated rings. The van der Waals surface area contributed by atoms with Crippen molar-refractivity contribution in [1.82, 2.24) is 5.32 Å². The minimum Gasteiger partial charge on any atom is -0.385 e. The molecule has 2 aromatic carbocycles. The normalized spacial score (nSPS) is 12.1. The van der Waals surface area contributed by atoms with E-state index >= 15 is 0 Å². The number of hydrogen-bond donors (Lipinski definition) is 3. The number of benzene rings is 2. The molecule has 0 saturated heterocycles. The first-order valence-electron chi connectivity index (χ1n) is 10.2. The Labute approximate surface area is 173 Å². The zero-order chi connectivity index (χ0) is 20.9. The van der Waals surface area contributed by atoms with Crippen molar-refractivity contribution in [2.24, 2.45) is 0 Å². The van der Waals surface area contributed by atoms with Crippen LogP contribution in [0.5, 0.6) is 0 Å². The van der Waals surface area contributed by atoms with Gasteiger partial charge in [0, 0.05) is 18.8 Å². The van der Waals surface area contributed by atoms with Gasteiger partial charge in [-0.3, -0.25) is 4.57 Å². The molecular formula is C22H32FN2O3P. The van der Waals surface area contributed by atoms with E-state index in [2.05, 4.69) is 40.3 Å². The Balaban J connectivity index is 1.58. The van der Waals surface area contributed by atoms with Crippen LogP contribution in [0.2, 0.25) is 0 Å². The van der Waals surface area contributed by atoms with Crippen LogP contribution < -0.4 is 10.6 Å². The molecule has 0 aliphatic heterocycles. The van der Waals surface area contributed by atoms with Gasteiger partial charge in [-0.2, -0.15) is 0 Å². The van der Waals surface area contributed by atoms with E-state index in [0.717, 1.165) is 51.0 Å². The van der Waals surface area contributed by atoms with Gasteiger partial charge in [0.15, 0.2) is 0 Å². The summed E-state index contributed by atoms with van der Waals surface area (Å²) in [5.41, 5.74) is 4.78. The quantitative estimate of drug-likeness (QED) is 0.300. The Bertz CT molecular complexity index is 756. The van der Waals surface area contributed by atoms with Crippen molar-refractivity contribution in [2.45, 2.75) is 45.6 Å². The maximum Gasteiger partial charge on any atom is 0.316 e. The Morgan fingerprint density at radius 2 is 1.76 bits per heavy atom. The van der Waals surface area contributed by atoms with Gasteiger partial charge in [-0.15, -0.1) is 0 Å². The van der Waals surface area contributed by atoms with Crippen LogP contribution >= 0.6 is 8.25 Å². The third-order valence-electron chi connectivity index (χ3n) is 4.71. The molecular weight excluding hydrogens is 390 g/mol. The summed E-state index contributed by atoms with van der Waals surface area (Å²) < 4.78 is 28.0. The van der Waals surface area contributed by atoms with Gasteiger partial charge in [-0.25, -0.2) is 4.39 Å². The average molecular weight is 422 g/mol. The number of nitrogens with one attached hydrogen (secondary N) is 2. The Morgan fingerprint density at radius 3 is 2.48 bits per heavy atom. The summed E-state index contributed by atoms with van der Waals surface area (Å²) in [6.07, 6.45) is 5.05. The summed E-state index contributed by atoms with van der Waals surface area (Å²) in [6, 6.07) is 13.2. The van der Waals surface area contributed by atoms with Gasteiger partial charge in [0.25, 0.3) is 0 Å². The number of unbranched alkanes of at least 4 members (excludes halogenated alkanes) is 2. The zero-order valence-electron chi connectivity index (χ0n) is 17.0. The van der Waals surface area contributed by atoms with Crippen LogP contribution in [0.3, 0.4) is 0 Å². The molecule has 7 heteroatoms. The monoisotopic (exact) mass is 422 g/mol. The molecule has 5 nitrogen and oxygen atoms in total. The zero-order valence-corrected chi connectivity index (χ0v) is 18.0. The SMILES string of the molecule is Cc1cc(CNCCCO[PH](=O)O)ccc1NCCCCCc1ccc(F)cc1. The van der Waals surface area contributed by atoms with Crippen LogP contribution in [0.25, 0.3) is 0 Å². The van der Waals surface area contributed by atoms with Crippen molar-refractivity contribution in [3.05, 3.63) is 65.0 Å². The van der Waals surface area contributed by atoms with Crippen molar-refractivity contribution < 1.29 is 18.4 Å². The lowest BCUT2D eigenvalue weighted by Gasteiger charge is -2.12. The molecule has 1 unspecified atom stereocenters. The molecule has 160 valence electrons. The van der Waals surface area contributed by atoms with Gasteiger partial charge >= 0.3 is 8.25 Å². The molecule has 0 amide bonds. The van der Waals surface area contributed by atoms with Crippen LogP contribution in [-0.4, -0.2) is 24.6 Å². The van der Waals surface area contributed by atoms with E-state index < -0.39 is 8.25 Å². The van der Waals surface area contributed by atoms with Crippen molar-refractivity contribution in [2.75, 3.05) is 25.0 Å². The van der Waals surface area contributed by atoms with Crippen molar-refractivity contribution in [3.8, 4) is 0 Å². The van der Waals surface area contributed by atoms with Crippen molar-refractivity contribution in [1.29, 1.82) is 0 Å². The predicted molar refractivity (Wildman–Crippen MR) is 117 cm³/mol. The van der Waals surface area contributed by atoms with E-state index in [1.165, 1.54) is 28.8 Å². The Hall–Kier alpha value is -1.72. The van der Waals surface area contributed by atoms with Crippen LogP contribution in [0, 0.1) is 12.7 Å². The first kappa shape index (κ1) is 23.6. The summed E-state index contributed by atoms with van der Waals surface area (Å²) in [4.78, 5) is 8.59. The minimum absolute atomic E-state index is 0.178. The molecule has 0 aromatic heterocycles. The fourth-order valence-electron chi connectivity index (χ4n) is 3.13. The number of hydrogen-bond acceptors (Lipinski definition) is 4. The van der Waals surface area contributed by atoms with Gasteiger partial charge < -0.3 is 20.1 Å². The lowest BCUT2D eigenvalue weighted by atomic mass is 10.1. The fraction of sp³-hybridized carbons (Fsp3) is 0.455. The van der Waals surface area contributed by atoms with Crippen LogP contribution in [0.1, 0.15) is 42.4 Å². The van der Waals surface area contributed by atoms with Crippen molar-refractivity contribution in [3.63, 3.8) is 0 Å². The van der Waals surface area contributed by atoms with E-state index in [1.807, 2.05) is 12.1 Å². The first-order chi connectivity index (χ1) is 14.0. The summed E-state index contributed by atoms with van der Waals surface area (Å²) in [7, 11) is -2.81. The molecule has 2 aromatic rings. The fourth-order valence-corrected chi connectivity index (χ4v) is 3.45. The lowest BCUT2D eigenvalue weighted by Crippen LogP contribution is -2.16. The number of halogens is 1. The number of rotatable bonds is 14. The smallest absolute Gasteiger partial charge is 0.316 e. The minimum atomic E-state index is -2.81. The molecule has 1 atom stereocenters. The summed E-state index contributed by atoms with van der Waals surface area (Å²) in [5, 5.41) is 6.82. The second-order valence-corrected chi connectivity index (χ2v) is 7.98. The topological polar surface area (TPSA) is 70.6 Å². The third kappa shape index (κ3) is 10.0. The highest BCUT2D eigenvalue weighted by Crippen LogP contribution is 2.17. The van der Waals surface area contributed by atoms with Gasteiger partial charge in [-0.1, -0.05) is 30.7 Å². The Kier molecular flexibility index (Phi) is 11.0. The molecule has 0 spiro atoms. The van der Waals surface area contributed by atoms with Gasteiger partial charge in [0.1, 0.15) is 5.82 Å². The second-order valence-electron chi connectivity index (χ2n) is 7.16. The molecule has 0 saturated carbocycles. The van der Waals surface area contributed by atoms with E-state index in [4.69, 9.17) is 4.89 Å². The maximum absolute atomic E-state index is 12.9. The highest BCUT2D eigenvalue weighted by atomic mass is 31.1. The van der Waals surface area contributed by atoms with Crippen molar-refractivity contribution >= 4 is 13.9 Å².